The zero-order chi connectivity index (χ0) is 21.0. The molecule has 8 heteroatoms. The lowest BCUT2D eigenvalue weighted by Crippen LogP contribution is -2.26. The fraction of sp³-hybridized carbons (Fsp3) is 0.318. The van der Waals surface area contributed by atoms with Gasteiger partial charge in [0.25, 0.3) is 0 Å². The van der Waals surface area contributed by atoms with Gasteiger partial charge in [-0.3, -0.25) is 9.78 Å². The normalized spacial score (nSPS) is 21.2. The molecule has 1 aliphatic heterocycles. The summed E-state index contributed by atoms with van der Waals surface area (Å²) in [7, 11) is 1.89. The molecule has 0 unspecified atom stereocenters. The van der Waals surface area contributed by atoms with Crippen molar-refractivity contribution < 1.29 is 9.18 Å². The lowest BCUT2D eigenvalue weighted by Gasteiger charge is -2.15. The lowest BCUT2D eigenvalue weighted by atomic mass is 9.93. The summed E-state index contributed by atoms with van der Waals surface area (Å²) >= 11 is 11.8. The fourth-order valence-electron chi connectivity index (χ4n) is 4.77. The minimum absolute atomic E-state index is 0.0910. The van der Waals surface area contributed by atoms with Crippen LogP contribution in [0.25, 0.3) is 0 Å². The third-order valence-electron chi connectivity index (χ3n) is 6.34. The summed E-state index contributed by atoms with van der Waals surface area (Å²) in [5, 5.41) is 3.45. The maximum absolute atomic E-state index is 14.6. The number of hydrogen-bond donors (Lipinski definition) is 1. The maximum atomic E-state index is 14.6. The number of halogens is 2. The van der Waals surface area contributed by atoms with E-state index in [-0.39, 0.29) is 29.5 Å². The Morgan fingerprint density at radius 3 is 3.00 bits per heavy atom. The molecular formula is C22H20ClFN4OS. The Labute approximate surface area is 183 Å². The van der Waals surface area contributed by atoms with Gasteiger partial charge in [-0.05, 0) is 54.5 Å². The number of aromatic nitrogens is 3. The second kappa shape index (κ2) is 7.03. The smallest absolute Gasteiger partial charge is 0.226 e. The van der Waals surface area contributed by atoms with E-state index in [1.54, 1.807) is 18.3 Å². The summed E-state index contributed by atoms with van der Waals surface area (Å²) in [6, 6.07) is 10.3. The van der Waals surface area contributed by atoms with E-state index in [1.165, 1.54) is 6.07 Å². The summed E-state index contributed by atoms with van der Waals surface area (Å²) in [6.07, 6.45) is 2.76. The van der Waals surface area contributed by atoms with Crippen molar-refractivity contribution in [2.75, 3.05) is 0 Å². The Balaban J connectivity index is 1.40. The molecule has 1 amide bonds. The first kappa shape index (κ1) is 19.5. The number of hydrogen-bond acceptors (Lipinski definition) is 3. The topological polar surface area (TPSA) is 51.9 Å². The van der Waals surface area contributed by atoms with Gasteiger partial charge in [0.2, 0.25) is 5.91 Å². The molecule has 0 spiro atoms. The van der Waals surface area contributed by atoms with E-state index in [0.29, 0.717) is 28.4 Å². The Morgan fingerprint density at radius 2 is 2.23 bits per heavy atom. The first-order valence-corrected chi connectivity index (χ1v) is 10.6. The van der Waals surface area contributed by atoms with Crippen LogP contribution in [0.2, 0.25) is 5.02 Å². The highest BCUT2D eigenvalue weighted by Gasteiger charge is 2.63. The number of carbonyl (C=O) groups is 1. The van der Waals surface area contributed by atoms with Gasteiger partial charge in [0.15, 0.2) is 4.77 Å². The number of nitrogens with zero attached hydrogens (tertiary/aromatic N) is 3. The quantitative estimate of drug-likeness (QED) is 0.607. The largest absolute Gasteiger partial charge is 0.350 e. The molecule has 1 N–H and O–H groups in total. The van der Waals surface area contributed by atoms with Crippen molar-refractivity contribution in [2.45, 2.75) is 37.3 Å². The van der Waals surface area contributed by atoms with Crippen molar-refractivity contribution in [3.63, 3.8) is 0 Å². The van der Waals surface area contributed by atoms with Crippen molar-refractivity contribution in [3.05, 3.63) is 80.9 Å². The highest BCUT2D eigenvalue weighted by molar-refractivity contribution is 7.71. The van der Waals surface area contributed by atoms with Crippen molar-refractivity contribution in [1.29, 1.82) is 0 Å². The van der Waals surface area contributed by atoms with Crippen LogP contribution in [0.5, 0.6) is 0 Å². The zero-order valence-electron chi connectivity index (χ0n) is 16.4. The van der Waals surface area contributed by atoms with Crippen LogP contribution in [0.15, 0.2) is 42.6 Å². The van der Waals surface area contributed by atoms with Gasteiger partial charge >= 0.3 is 0 Å². The highest BCUT2D eigenvalue weighted by atomic mass is 35.5. The van der Waals surface area contributed by atoms with Crippen LogP contribution in [0.4, 0.5) is 4.39 Å². The van der Waals surface area contributed by atoms with Gasteiger partial charge in [0, 0.05) is 47.5 Å². The molecule has 5 nitrogen and oxygen atoms in total. The van der Waals surface area contributed by atoms with Gasteiger partial charge < -0.3 is 14.5 Å². The Kier molecular flexibility index (Phi) is 4.56. The predicted octanol–water partition coefficient (Wildman–Crippen LogP) is 4.04. The van der Waals surface area contributed by atoms with Crippen LogP contribution in [-0.2, 0) is 36.8 Å². The molecule has 30 heavy (non-hydrogen) atoms. The zero-order valence-corrected chi connectivity index (χ0v) is 17.9. The van der Waals surface area contributed by atoms with E-state index in [9.17, 15) is 9.18 Å². The number of fused-ring (bicyclic) bond motifs is 3. The summed E-state index contributed by atoms with van der Waals surface area (Å²) in [5.41, 5.74) is 3.08. The van der Waals surface area contributed by atoms with Crippen LogP contribution in [0, 0.1) is 10.6 Å². The first-order chi connectivity index (χ1) is 14.4. The van der Waals surface area contributed by atoms with Crippen molar-refractivity contribution >= 4 is 29.7 Å². The molecule has 1 fully saturated rings. The van der Waals surface area contributed by atoms with Crippen LogP contribution < -0.4 is 5.32 Å². The minimum Gasteiger partial charge on any atom is -0.350 e. The predicted molar refractivity (Wildman–Crippen MR) is 114 cm³/mol. The van der Waals surface area contributed by atoms with E-state index in [4.69, 9.17) is 23.8 Å². The summed E-state index contributed by atoms with van der Waals surface area (Å²) < 4.78 is 19.2. The van der Waals surface area contributed by atoms with E-state index >= 15 is 0 Å². The maximum Gasteiger partial charge on any atom is 0.226 e. The van der Waals surface area contributed by atoms with Crippen molar-refractivity contribution in [3.8, 4) is 0 Å². The Morgan fingerprint density at radius 1 is 1.40 bits per heavy atom. The number of pyridine rings is 1. The van der Waals surface area contributed by atoms with Crippen molar-refractivity contribution in [1.82, 2.24) is 19.4 Å². The molecule has 2 atom stereocenters. The molecule has 0 saturated heterocycles. The number of benzene rings is 1. The van der Waals surface area contributed by atoms with E-state index in [2.05, 4.69) is 14.9 Å². The van der Waals surface area contributed by atoms with Crippen LogP contribution in [-0.4, -0.2) is 20.0 Å². The second-order valence-corrected chi connectivity index (χ2v) is 8.87. The first-order valence-electron chi connectivity index (χ1n) is 9.81. The SMILES string of the molecule is Cn1c(CC(=O)NCc2ccccn2)c2n(c1=S)C[C@@]1(c3cc(Cl)ccc3F)C[C@@H]21. The third kappa shape index (κ3) is 2.99. The number of rotatable bonds is 5. The molecule has 2 aliphatic rings. The van der Waals surface area contributed by atoms with Crippen LogP contribution in [0.3, 0.4) is 0 Å². The molecule has 3 heterocycles. The van der Waals surface area contributed by atoms with Gasteiger partial charge in [0.05, 0.1) is 18.7 Å². The van der Waals surface area contributed by atoms with Gasteiger partial charge in [0.1, 0.15) is 5.82 Å². The number of carbonyl (C=O) groups excluding carboxylic acids is 1. The summed E-state index contributed by atoms with van der Waals surface area (Å²) in [6.45, 7) is 0.994. The monoisotopic (exact) mass is 442 g/mol. The average molecular weight is 443 g/mol. The Hall–Kier alpha value is -2.51. The van der Waals surface area contributed by atoms with E-state index in [0.717, 1.165) is 23.5 Å². The average Bonchev–Trinajstić information content (AvgIpc) is 3.30. The highest BCUT2D eigenvalue weighted by Crippen LogP contribution is 2.66. The second-order valence-electron chi connectivity index (χ2n) is 8.07. The molecule has 0 bridgehead atoms. The number of nitrogens with one attached hydrogen (secondary N) is 1. The van der Waals surface area contributed by atoms with Crippen molar-refractivity contribution in [2.24, 2.45) is 7.05 Å². The van der Waals surface area contributed by atoms with Crippen LogP contribution >= 0.6 is 23.8 Å². The summed E-state index contributed by atoms with van der Waals surface area (Å²) in [5.74, 6) is -0.184. The van der Waals surface area contributed by atoms with E-state index in [1.807, 2.05) is 29.8 Å². The molecule has 1 saturated carbocycles. The molecular weight excluding hydrogens is 423 g/mol. The van der Waals surface area contributed by atoms with Gasteiger partial charge in [-0.15, -0.1) is 0 Å². The molecule has 2 aromatic heterocycles. The van der Waals surface area contributed by atoms with Gasteiger partial charge in [-0.2, -0.15) is 0 Å². The molecule has 1 aromatic carbocycles. The molecule has 3 aromatic rings. The fourth-order valence-corrected chi connectivity index (χ4v) is 5.21. The van der Waals surface area contributed by atoms with Gasteiger partial charge in [-0.25, -0.2) is 4.39 Å². The molecule has 1 aliphatic carbocycles. The van der Waals surface area contributed by atoms with Crippen LogP contribution in [0.1, 0.15) is 35.0 Å². The molecule has 0 radical (unpaired) electrons. The Bertz CT molecular complexity index is 1220. The third-order valence-corrected chi connectivity index (χ3v) is 7.07. The number of imidazole rings is 1. The molecule has 5 rings (SSSR count). The van der Waals surface area contributed by atoms with Gasteiger partial charge in [-0.1, -0.05) is 17.7 Å². The summed E-state index contributed by atoms with van der Waals surface area (Å²) in [4.78, 5) is 16.9. The lowest BCUT2D eigenvalue weighted by molar-refractivity contribution is -0.120. The number of amides is 1. The van der Waals surface area contributed by atoms with E-state index < -0.39 is 0 Å². The standard InChI is InChI=1S/C22H20ClFN4OS/c1-27-18(9-19(29)26-11-14-4-2-3-7-25-14)20-16-10-22(16,12-28(20)21(27)30)15-8-13(23)5-6-17(15)24/h2-8,16H,9-12H2,1H3,(H,26,29)/t16-,22+/m0/s1. The molecule has 154 valence electrons. The minimum atomic E-state index is -0.314.